The van der Waals surface area contributed by atoms with Gasteiger partial charge in [0.25, 0.3) is 0 Å². The Bertz CT molecular complexity index is 272. The van der Waals surface area contributed by atoms with Crippen molar-refractivity contribution in [3.8, 4) is 0 Å². The molecule has 0 aromatic rings. The highest BCUT2D eigenvalue weighted by molar-refractivity contribution is 7.90. The number of hydrogen-bond donors (Lipinski definition) is 2. The van der Waals surface area contributed by atoms with Crippen molar-refractivity contribution in [3.63, 3.8) is 0 Å². The van der Waals surface area contributed by atoms with E-state index in [1.165, 1.54) is 0 Å². The van der Waals surface area contributed by atoms with Crippen LogP contribution in [0.1, 0.15) is 26.2 Å². The number of hydrogen-bond acceptors (Lipinski definition) is 4. The predicted molar refractivity (Wildman–Crippen MR) is 57.1 cm³/mol. The molecule has 0 spiro atoms. The molecule has 0 bridgehead atoms. The fourth-order valence-electron chi connectivity index (χ4n) is 1.62. The van der Waals surface area contributed by atoms with Crippen molar-refractivity contribution in [2.24, 2.45) is 0 Å². The van der Waals surface area contributed by atoms with Gasteiger partial charge in [0, 0.05) is 25.9 Å². The summed E-state index contributed by atoms with van der Waals surface area (Å²) in [6.07, 6.45) is 1.56. The Labute approximate surface area is 90.9 Å². The van der Waals surface area contributed by atoms with Crippen LogP contribution in [0.4, 0.5) is 0 Å². The van der Waals surface area contributed by atoms with Crippen molar-refractivity contribution in [1.29, 1.82) is 0 Å². The molecule has 90 valence electrons. The first-order valence-electron chi connectivity index (χ1n) is 5.26. The molecule has 0 radical (unpaired) electrons. The fourth-order valence-corrected chi connectivity index (χ4v) is 3.30. The van der Waals surface area contributed by atoms with Gasteiger partial charge < -0.3 is 9.84 Å². The van der Waals surface area contributed by atoms with Gasteiger partial charge in [0.05, 0.1) is 5.25 Å². The van der Waals surface area contributed by atoms with E-state index in [0.717, 1.165) is 0 Å². The van der Waals surface area contributed by atoms with Crippen LogP contribution in [0.15, 0.2) is 0 Å². The zero-order valence-corrected chi connectivity index (χ0v) is 9.79. The average Bonchev–Trinajstić information content (AvgIpc) is 2.18. The lowest BCUT2D eigenvalue weighted by molar-refractivity contribution is 0.0980. The molecule has 6 heteroatoms. The van der Waals surface area contributed by atoms with Gasteiger partial charge >= 0.3 is 0 Å². The van der Waals surface area contributed by atoms with Crippen molar-refractivity contribution < 1.29 is 18.3 Å². The maximum atomic E-state index is 11.8. The van der Waals surface area contributed by atoms with Crippen LogP contribution < -0.4 is 4.72 Å². The van der Waals surface area contributed by atoms with E-state index in [4.69, 9.17) is 9.84 Å². The Balaban J connectivity index is 2.49. The highest BCUT2D eigenvalue weighted by Crippen LogP contribution is 2.15. The second-order valence-electron chi connectivity index (χ2n) is 3.89. The lowest BCUT2D eigenvalue weighted by atomic mass is 10.2. The third-order valence-electron chi connectivity index (χ3n) is 2.53. The van der Waals surface area contributed by atoms with E-state index in [1.54, 1.807) is 6.92 Å². The third-order valence-corrected chi connectivity index (χ3v) is 4.61. The summed E-state index contributed by atoms with van der Waals surface area (Å²) in [5.41, 5.74) is 0. The van der Waals surface area contributed by atoms with Gasteiger partial charge in [0.15, 0.2) is 0 Å². The van der Waals surface area contributed by atoms with Gasteiger partial charge in [0.1, 0.15) is 0 Å². The van der Waals surface area contributed by atoms with E-state index in [1.807, 2.05) is 0 Å². The molecule has 1 aliphatic heterocycles. The lowest BCUT2D eigenvalue weighted by Crippen LogP contribution is -2.42. The molecular formula is C9H19NO4S. The molecule has 15 heavy (non-hydrogen) atoms. The van der Waals surface area contributed by atoms with Crippen LogP contribution >= 0.6 is 0 Å². The fraction of sp³-hybridized carbons (Fsp3) is 1.00. The monoisotopic (exact) mass is 237 g/mol. The average molecular weight is 237 g/mol. The predicted octanol–water partition coefficient (Wildman–Crippen LogP) is -0.144. The number of aliphatic hydroxyl groups excluding tert-OH is 1. The quantitative estimate of drug-likeness (QED) is 0.697. The summed E-state index contributed by atoms with van der Waals surface area (Å²) in [6.45, 7) is 2.78. The molecule has 1 atom stereocenters. The zero-order chi connectivity index (χ0) is 11.3. The summed E-state index contributed by atoms with van der Waals surface area (Å²) < 4.78 is 31.3. The summed E-state index contributed by atoms with van der Waals surface area (Å²) in [7, 11) is -3.25. The number of rotatable bonds is 5. The minimum Gasteiger partial charge on any atom is -0.396 e. The van der Waals surface area contributed by atoms with E-state index >= 15 is 0 Å². The molecule has 1 saturated heterocycles. The summed E-state index contributed by atoms with van der Waals surface area (Å²) in [4.78, 5) is 0. The lowest BCUT2D eigenvalue weighted by Gasteiger charge is -2.24. The Morgan fingerprint density at radius 1 is 1.47 bits per heavy atom. The first kappa shape index (κ1) is 12.9. The molecule has 1 aliphatic rings. The Morgan fingerprint density at radius 2 is 2.07 bits per heavy atom. The summed E-state index contributed by atoms with van der Waals surface area (Å²) in [5.74, 6) is 0. The molecular weight excluding hydrogens is 218 g/mol. The maximum Gasteiger partial charge on any atom is 0.214 e. The summed E-state index contributed by atoms with van der Waals surface area (Å²) in [6, 6.07) is -0.206. The Kier molecular flexibility index (Phi) is 4.98. The topological polar surface area (TPSA) is 75.6 Å². The molecule has 1 unspecified atom stereocenters. The van der Waals surface area contributed by atoms with Crippen LogP contribution in [0.2, 0.25) is 0 Å². The molecule has 2 N–H and O–H groups in total. The maximum absolute atomic E-state index is 11.8. The van der Waals surface area contributed by atoms with Crippen molar-refractivity contribution in [2.45, 2.75) is 37.5 Å². The van der Waals surface area contributed by atoms with Crippen molar-refractivity contribution in [3.05, 3.63) is 0 Å². The van der Waals surface area contributed by atoms with Crippen molar-refractivity contribution in [2.75, 3.05) is 19.8 Å². The highest BCUT2D eigenvalue weighted by Gasteiger charge is 2.28. The van der Waals surface area contributed by atoms with Crippen molar-refractivity contribution in [1.82, 2.24) is 4.72 Å². The van der Waals surface area contributed by atoms with Crippen molar-refractivity contribution >= 4 is 10.0 Å². The number of nitrogens with one attached hydrogen (secondary N) is 1. The van der Waals surface area contributed by atoms with Gasteiger partial charge in [-0.1, -0.05) is 0 Å². The molecule has 0 amide bonds. The minimum atomic E-state index is -3.25. The molecule has 5 nitrogen and oxygen atoms in total. The highest BCUT2D eigenvalue weighted by atomic mass is 32.2. The SMILES string of the molecule is CC(CCO)NS(=O)(=O)C1CCOCC1. The molecule has 0 aliphatic carbocycles. The van der Waals surface area contributed by atoms with Gasteiger partial charge in [-0.2, -0.15) is 0 Å². The van der Waals surface area contributed by atoms with E-state index < -0.39 is 10.0 Å². The minimum absolute atomic E-state index is 0.00252. The van der Waals surface area contributed by atoms with E-state index in [9.17, 15) is 8.42 Å². The molecule has 0 aromatic carbocycles. The Morgan fingerprint density at radius 3 is 2.60 bits per heavy atom. The van der Waals surface area contributed by atoms with E-state index in [-0.39, 0.29) is 17.9 Å². The largest absolute Gasteiger partial charge is 0.396 e. The first-order chi connectivity index (χ1) is 7.06. The standard InChI is InChI=1S/C9H19NO4S/c1-8(2-5-11)10-15(12,13)9-3-6-14-7-4-9/h8-11H,2-7H2,1H3. The number of aliphatic hydroxyl groups is 1. The van der Waals surface area contributed by atoms with Gasteiger partial charge in [0.2, 0.25) is 10.0 Å². The first-order valence-corrected chi connectivity index (χ1v) is 6.80. The van der Waals surface area contributed by atoms with Crippen LogP contribution in [0.5, 0.6) is 0 Å². The molecule has 1 heterocycles. The van der Waals surface area contributed by atoms with E-state index in [0.29, 0.717) is 32.5 Å². The van der Waals surface area contributed by atoms with Gasteiger partial charge in [-0.05, 0) is 26.2 Å². The van der Waals surface area contributed by atoms with Crippen LogP contribution in [-0.2, 0) is 14.8 Å². The second-order valence-corrected chi connectivity index (χ2v) is 5.88. The molecule has 0 saturated carbocycles. The number of sulfonamides is 1. The van der Waals surface area contributed by atoms with Crippen LogP contribution in [0.3, 0.4) is 0 Å². The van der Waals surface area contributed by atoms with Gasteiger partial charge in [-0.25, -0.2) is 13.1 Å². The van der Waals surface area contributed by atoms with E-state index in [2.05, 4.69) is 4.72 Å². The zero-order valence-electron chi connectivity index (χ0n) is 8.98. The third kappa shape index (κ3) is 4.06. The summed E-state index contributed by atoms with van der Waals surface area (Å²) >= 11 is 0. The Hall–Kier alpha value is -0.170. The van der Waals surface area contributed by atoms with Gasteiger partial charge in [-0.15, -0.1) is 0 Å². The smallest absolute Gasteiger partial charge is 0.214 e. The molecule has 1 rings (SSSR count). The molecule has 1 fully saturated rings. The normalized spacial score (nSPS) is 21.5. The van der Waals surface area contributed by atoms with Crippen LogP contribution in [0, 0.1) is 0 Å². The van der Waals surface area contributed by atoms with Crippen LogP contribution in [0.25, 0.3) is 0 Å². The molecule has 0 aromatic heterocycles. The number of ether oxygens (including phenoxy) is 1. The summed E-state index contributed by atoms with van der Waals surface area (Å²) in [5, 5.41) is 8.35. The second kappa shape index (κ2) is 5.79. The van der Waals surface area contributed by atoms with Crippen LogP contribution in [-0.4, -0.2) is 44.6 Å². The van der Waals surface area contributed by atoms with Gasteiger partial charge in [-0.3, -0.25) is 0 Å².